The maximum absolute atomic E-state index is 13.2. The first kappa shape index (κ1) is 23.8. The van der Waals surface area contributed by atoms with Gasteiger partial charge in [0, 0.05) is 32.2 Å². The smallest absolute Gasteiger partial charge is 0.251 e. The predicted octanol–water partition coefficient (Wildman–Crippen LogP) is 3.59. The number of methoxy groups -OCH3 is 1. The van der Waals surface area contributed by atoms with E-state index in [1.54, 1.807) is 50.5 Å². The van der Waals surface area contributed by atoms with Gasteiger partial charge in [-0.2, -0.15) is 4.98 Å². The number of rotatable bonds is 5. The van der Waals surface area contributed by atoms with E-state index in [0.29, 0.717) is 47.1 Å². The van der Waals surface area contributed by atoms with Crippen LogP contribution in [-0.2, 0) is 4.79 Å². The van der Waals surface area contributed by atoms with Crippen LogP contribution in [0.25, 0.3) is 0 Å². The van der Waals surface area contributed by atoms with Crippen LogP contribution >= 0.6 is 0 Å². The Morgan fingerprint density at radius 1 is 1.26 bits per heavy atom. The lowest BCUT2D eigenvalue weighted by atomic mass is 9.91. The quantitative estimate of drug-likeness (QED) is 0.695. The third kappa shape index (κ3) is 4.38. The molecule has 9 nitrogen and oxygen atoms in total. The molecule has 2 amide bonds. The molecule has 1 saturated carbocycles. The van der Waals surface area contributed by atoms with Crippen LogP contribution in [0.1, 0.15) is 50.4 Å². The Bertz CT molecular complexity index is 1100. The fourth-order valence-corrected chi connectivity index (χ4v) is 4.97. The Morgan fingerprint density at radius 2 is 2.03 bits per heavy atom. The molecule has 34 heavy (non-hydrogen) atoms. The summed E-state index contributed by atoms with van der Waals surface area (Å²) in [5.74, 6) is 2.19. The average Bonchev–Trinajstić information content (AvgIpc) is 3.24. The molecule has 1 aromatic heterocycles. The minimum atomic E-state index is -0.548. The van der Waals surface area contributed by atoms with Gasteiger partial charge in [-0.1, -0.05) is 6.92 Å². The first-order chi connectivity index (χ1) is 16.1. The van der Waals surface area contributed by atoms with Crippen LogP contribution in [0.4, 0.5) is 23.1 Å². The summed E-state index contributed by atoms with van der Waals surface area (Å²) in [6, 6.07) is 5.49. The van der Waals surface area contributed by atoms with Crippen molar-refractivity contribution in [2.45, 2.75) is 46.1 Å². The van der Waals surface area contributed by atoms with Crippen LogP contribution in [0, 0.1) is 11.3 Å². The fourth-order valence-electron chi connectivity index (χ4n) is 4.97. The van der Waals surface area contributed by atoms with Crippen molar-refractivity contribution in [3.63, 3.8) is 0 Å². The number of benzene rings is 1. The van der Waals surface area contributed by atoms with E-state index < -0.39 is 5.41 Å². The van der Waals surface area contributed by atoms with Crippen molar-refractivity contribution in [3.8, 4) is 5.75 Å². The van der Waals surface area contributed by atoms with Gasteiger partial charge >= 0.3 is 0 Å². The maximum atomic E-state index is 13.2. The molecule has 9 heteroatoms. The molecule has 1 fully saturated rings. The number of hydrogen-bond donors (Lipinski definition) is 2. The molecule has 2 N–H and O–H groups in total. The van der Waals surface area contributed by atoms with E-state index in [4.69, 9.17) is 9.72 Å². The molecule has 0 bridgehead atoms. The van der Waals surface area contributed by atoms with E-state index in [0.717, 1.165) is 18.7 Å². The van der Waals surface area contributed by atoms with Gasteiger partial charge in [-0.15, -0.1) is 0 Å². The molecule has 2 heterocycles. The number of carbonyl (C=O) groups is 2. The third-order valence-electron chi connectivity index (χ3n) is 6.88. The first-order valence-corrected chi connectivity index (χ1v) is 11.7. The van der Waals surface area contributed by atoms with Crippen molar-refractivity contribution >= 4 is 35.0 Å². The Morgan fingerprint density at radius 3 is 2.68 bits per heavy atom. The summed E-state index contributed by atoms with van der Waals surface area (Å²) in [4.78, 5) is 38.6. The van der Waals surface area contributed by atoms with E-state index in [9.17, 15) is 9.59 Å². The Balaban J connectivity index is 1.73. The molecular formula is C25H34N6O3. The van der Waals surface area contributed by atoms with Gasteiger partial charge in [-0.25, -0.2) is 4.98 Å². The summed E-state index contributed by atoms with van der Waals surface area (Å²) in [6.07, 6.45) is 5.04. The van der Waals surface area contributed by atoms with Gasteiger partial charge in [0.05, 0.1) is 24.4 Å². The zero-order chi connectivity index (χ0) is 24.6. The van der Waals surface area contributed by atoms with Gasteiger partial charge in [0.15, 0.2) is 5.82 Å². The lowest BCUT2D eigenvalue weighted by Gasteiger charge is -2.34. The summed E-state index contributed by atoms with van der Waals surface area (Å²) in [5, 5.41) is 5.85. The molecule has 0 spiro atoms. The molecule has 4 rings (SSSR count). The van der Waals surface area contributed by atoms with E-state index in [1.165, 1.54) is 6.42 Å². The highest BCUT2D eigenvalue weighted by Crippen LogP contribution is 2.41. The summed E-state index contributed by atoms with van der Waals surface area (Å²) < 4.78 is 5.50. The van der Waals surface area contributed by atoms with E-state index in [1.807, 2.05) is 13.8 Å². The molecule has 0 saturated heterocycles. The monoisotopic (exact) mass is 466 g/mol. The normalized spacial score (nSPS) is 21.6. The topological polar surface area (TPSA) is 99.7 Å². The molecule has 1 unspecified atom stereocenters. The van der Waals surface area contributed by atoms with Crippen molar-refractivity contribution in [3.05, 3.63) is 30.0 Å². The zero-order valence-corrected chi connectivity index (χ0v) is 20.8. The van der Waals surface area contributed by atoms with Crippen molar-refractivity contribution in [1.29, 1.82) is 0 Å². The molecule has 182 valence electrons. The lowest BCUT2D eigenvalue weighted by molar-refractivity contribution is -0.125. The van der Waals surface area contributed by atoms with Crippen molar-refractivity contribution in [2.75, 3.05) is 42.9 Å². The summed E-state index contributed by atoms with van der Waals surface area (Å²) >= 11 is 0. The van der Waals surface area contributed by atoms with Crippen molar-refractivity contribution < 1.29 is 14.3 Å². The molecular weight excluding hydrogens is 432 g/mol. The zero-order valence-electron chi connectivity index (χ0n) is 20.8. The predicted molar refractivity (Wildman–Crippen MR) is 133 cm³/mol. The van der Waals surface area contributed by atoms with Gasteiger partial charge in [-0.3, -0.25) is 9.59 Å². The Hall–Kier alpha value is -3.36. The maximum Gasteiger partial charge on any atom is 0.251 e. The van der Waals surface area contributed by atoms with Crippen LogP contribution in [0.5, 0.6) is 5.75 Å². The molecule has 2 aromatic rings. The summed E-state index contributed by atoms with van der Waals surface area (Å²) in [5.41, 5.74) is 1.31. The SMILES string of the molecule is CNC(=O)c1ccc(Nc2ncc3c(n2)N([C@@H]2CCC(C)C2)CC(C)(C)C(=O)N3C)c(OC)c1. The number of fused-ring (bicyclic) bond motifs is 1. The number of nitrogens with zero attached hydrogens (tertiary/aromatic N) is 4. The largest absolute Gasteiger partial charge is 0.495 e. The highest BCUT2D eigenvalue weighted by Gasteiger charge is 2.42. The highest BCUT2D eigenvalue weighted by atomic mass is 16.5. The van der Waals surface area contributed by atoms with Crippen LogP contribution in [0.3, 0.4) is 0 Å². The third-order valence-corrected chi connectivity index (χ3v) is 6.88. The van der Waals surface area contributed by atoms with E-state index in [-0.39, 0.29) is 11.8 Å². The number of aromatic nitrogens is 2. The minimum Gasteiger partial charge on any atom is -0.495 e. The Labute approximate surface area is 200 Å². The number of carbonyl (C=O) groups excluding carboxylic acids is 2. The second kappa shape index (κ2) is 9.12. The molecule has 2 aliphatic rings. The summed E-state index contributed by atoms with van der Waals surface area (Å²) in [6.45, 7) is 6.87. The van der Waals surface area contributed by atoms with E-state index in [2.05, 4.69) is 27.4 Å². The lowest BCUT2D eigenvalue weighted by Crippen LogP contribution is -2.45. The molecule has 1 aliphatic carbocycles. The minimum absolute atomic E-state index is 0.0538. The number of hydrogen-bond acceptors (Lipinski definition) is 7. The van der Waals surface area contributed by atoms with Crippen LogP contribution in [0.2, 0.25) is 0 Å². The van der Waals surface area contributed by atoms with Crippen LogP contribution in [0.15, 0.2) is 24.4 Å². The van der Waals surface area contributed by atoms with Crippen molar-refractivity contribution in [1.82, 2.24) is 15.3 Å². The van der Waals surface area contributed by atoms with Crippen LogP contribution < -0.4 is 25.2 Å². The number of ether oxygens (including phenoxy) is 1. The molecule has 1 aromatic carbocycles. The van der Waals surface area contributed by atoms with E-state index >= 15 is 0 Å². The van der Waals surface area contributed by atoms with Gasteiger partial charge < -0.3 is 25.2 Å². The van der Waals surface area contributed by atoms with Gasteiger partial charge in [0.25, 0.3) is 5.91 Å². The van der Waals surface area contributed by atoms with Gasteiger partial charge in [0.2, 0.25) is 11.9 Å². The molecule has 2 atom stereocenters. The van der Waals surface area contributed by atoms with Crippen molar-refractivity contribution in [2.24, 2.45) is 11.3 Å². The highest BCUT2D eigenvalue weighted by molar-refractivity contribution is 6.01. The van der Waals surface area contributed by atoms with Gasteiger partial charge in [0.1, 0.15) is 11.4 Å². The average molecular weight is 467 g/mol. The number of nitrogens with one attached hydrogen (secondary N) is 2. The fraction of sp³-hybridized carbons (Fsp3) is 0.520. The van der Waals surface area contributed by atoms with Gasteiger partial charge in [-0.05, 0) is 57.2 Å². The van der Waals surface area contributed by atoms with Crippen LogP contribution in [-0.4, -0.2) is 55.6 Å². The second-order valence-corrected chi connectivity index (χ2v) is 9.97. The first-order valence-electron chi connectivity index (χ1n) is 11.7. The standard InChI is InChI=1S/C25H34N6O3/c1-15-7-9-17(11-15)31-14-25(2,3)23(33)30(5)19-13-27-24(29-21(19)31)28-18-10-8-16(22(32)26-4)12-20(18)34-6/h8,10,12-13,15,17H,7,9,11,14H2,1-6H3,(H,26,32)(H,27,28,29)/t15?,17-/m1/s1. The second-order valence-electron chi connectivity index (χ2n) is 9.97. The molecule has 1 aliphatic heterocycles. The summed E-state index contributed by atoms with van der Waals surface area (Å²) in [7, 11) is 4.93. The Kier molecular flexibility index (Phi) is 6.38. The molecule has 0 radical (unpaired) electrons. The number of amides is 2. The number of anilines is 4.